The Labute approximate surface area is 133 Å². The van der Waals surface area contributed by atoms with Crippen molar-refractivity contribution in [1.29, 1.82) is 0 Å². The zero-order valence-corrected chi connectivity index (χ0v) is 13.6. The van der Waals surface area contributed by atoms with Crippen molar-refractivity contribution in [1.82, 2.24) is 10.3 Å². The van der Waals surface area contributed by atoms with Gasteiger partial charge in [0.2, 0.25) is 0 Å². The van der Waals surface area contributed by atoms with Gasteiger partial charge in [0.15, 0.2) is 0 Å². The summed E-state index contributed by atoms with van der Waals surface area (Å²) in [5.41, 5.74) is -0.102. The zero-order chi connectivity index (χ0) is 15.5. The number of nitrogens with one attached hydrogen (secondary N) is 1. The molecule has 0 aromatic carbocycles. The summed E-state index contributed by atoms with van der Waals surface area (Å²) in [5.74, 6) is 0. The number of nitrogens with zero attached hydrogens (tertiary/aromatic N) is 1. The van der Waals surface area contributed by atoms with Gasteiger partial charge in [-0.05, 0) is 40.7 Å². The molecule has 0 saturated heterocycles. The molecule has 2 aromatic rings. The van der Waals surface area contributed by atoms with Crippen molar-refractivity contribution in [3.05, 3.63) is 50.4 Å². The number of likely N-dealkylation sites (N-methyl/N-ethyl adjacent to an activating group) is 1. The van der Waals surface area contributed by atoms with Crippen LogP contribution < -0.4 is 5.32 Å². The van der Waals surface area contributed by atoms with E-state index < -0.39 is 11.7 Å². The number of rotatable bonds is 5. The van der Waals surface area contributed by atoms with Crippen LogP contribution in [-0.2, 0) is 12.6 Å². The molecule has 1 unspecified atom stereocenters. The normalized spacial score (nSPS) is 13.4. The predicted molar refractivity (Wildman–Crippen MR) is 81.4 cm³/mol. The maximum atomic E-state index is 12.6. The maximum Gasteiger partial charge on any atom is 0.417 e. The van der Waals surface area contributed by atoms with Crippen LogP contribution in [0.1, 0.15) is 29.1 Å². The number of alkyl halides is 3. The monoisotopic (exact) mass is 378 g/mol. The second-order valence-electron chi connectivity index (χ2n) is 4.52. The third kappa shape index (κ3) is 4.52. The molecule has 21 heavy (non-hydrogen) atoms. The summed E-state index contributed by atoms with van der Waals surface area (Å²) in [7, 11) is 0. The Bertz CT molecular complexity index is 581. The van der Waals surface area contributed by atoms with Gasteiger partial charge in [0.25, 0.3) is 0 Å². The molecule has 0 aliphatic carbocycles. The van der Waals surface area contributed by atoms with Crippen molar-refractivity contribution < 1.29 is 13.2 Å². The van der Waals surface area contributed by atoms with Crippen LogP contribution >= 0.6 is 27.3 Å². The first-order chi connectivity index (χ1) is 9.90. The van der Waals surface area contributed by atoms with Crippen LogP contribution in [0.4, 0.5) is 13.2 Å². The first kappa shape index (κ1) is 16.5. The van der Waals surface area contributed by atoms with Crippen molar-refractivity contribution in [2.24, 2.45) is 0 Å². The van der Waals surface area contributed by atoms with Gasteiger partial charge in [-0.1, -0.05) is 6.92 Å². The molecule has 0 radical (unpaired) electrons. The van der Waals surface area contributed by atoms with Crippen LogP contribution in [0.2, 0.25) is 0 Å². The minimum atomic E-state index is -4.35. The molecule has 7 heteroatoms. The molecule has 0 amide bonds. The van der Waals surface area contributed by atoms with Crippen LogP contribution in [0.25, 0.3) is 0 Å². The molecule has 0 bridgehead atoms. The lowest BCUT2D eigenvalue weighted by Crippen LogP contribution is -2.23. The van der Waals surface area contributed by atoms with E-state index >= 15 is 0 Å². The SMILES string of the molecule is CCNC(Cc1cc(Br)cs1)c1ccc(C(F)(F)F)cn1. The molecule has 114 valence electrons. The van der Waals surface area contributed by atoms with E-state index in [2.05, 4.69) is 26.2 Å². The molecular formula is C14H14BrF3N2S. The molecule has 0 aliphatic heterocycles. The first-order valence-corrected chi connectivity index (χ1v) is 8.07. The first-order valence-electron chi connectivity index (χ1n) is 6.39. The molecule has 0 saturated carbocycles. The molecule has 0 spiro atoms. The van der Waals surface area contributed by atoms with Crippen LogP contribution in [0.3, 0.4) is 0 Å². The summed E-state index contributed by atoms with van der Waals surface area (Å²) in [5, 5.41) is 5.25. The number of aromatic nitrogens is 1. The summed E-state index contributed by atoms with van der Waals surface area (Å²) in [4.78, 5) is 5.13. The van der Waals surface area contributed by atoms with E-state index in [-0.39, 0.29) is 6.04 Å². The van der Waals surface area contributed by atoms with Crippen molar-refractivity contribution in [2.45, 2.75) is 25.6 Å². The summed E-state index contributed by atoms with van der Waals surface area (Å²) < 4.78 is 38.7. The quantitative estimate of drug-likeness (QED) is 0.806. The molecule has 2 heterocycles. The van der Waals surface area contributed by atoms with Crippen LogP contribution in [0, 0.1) is 0 Å². The van der Waals surface area contributed by atoms with Crippen molar-refractivity contribution in [3.63, 3.8) is 0 Å². The van der Waals surface area contributed by atoms with E-state index in [1.807, 2.05) is 18.4 Å². The average Bonchev–Trinajstić information content (AvgIpc) is 2.83. The smallest absolute Gasteiger partial charge is 0.309 e. The number of pyridine rings is 1. The van der Waals surface area contributed by atoms with Gasteiger partial charge >= 0.3 is 6.18 Å². The minimum Gasteiger partial charge on any atom is -0.309 e. The highest BCUT2D eigenvalue weighted by molar-refractivity contribution is 9.10. The van der Waals surface area contributed by atoms with Gasteiger partial charge in [0, 0.05) is 27.3 Å². The van der Waals surface area contributed by atoms with Crippen molar-refractivity contribution in [2.75, 3.05) is 6.54 Å². The van der Waals surface area contributed by atoms with E-state index in [1.54, 1.807) is 11.3 Å². The Morgan fingerprint density at radius 3 is 2.62 bits per heavy atom. The molecule has 2 rings (SSSR count). The van der Waals surface area contributed by atoms with E-state index in [9.17, 15) is 13.2 Å². The van der Waals surface area contributed by atoms with E-state index in [4.69, 9.17) is 0 Å². The van der Waals surface area contributed by atoms with Gasteiger partial charge in [-0.2, -0.15) is 13.2 Å². The summed E-state index contributed by atoms with van der Waals surface area (Å²) >= 11 is 5.01. The molecule has 2 aromatic heterocycles. The lowest BCUT2D eigenvalue weighted by molar-refractivity contribution is -0.137. The Balaban J connectivity index is 2.17. The van der Waals surface area contributed by atoms with Gasteiger partial charge in [-0.25, -0.2) is 0 Å². The number of thiophene rings is 1. The van der Waals surface area contributed by atoms with Gasteiger partial charge in [0.1, 0.15) is 0 Å². The Morgan fingerprint density at radius 1 is 1.38 bits per heavy atom. The molecule has 1 atom stereocenters. The number of halogens is 4. The van der Waals surface area contributed by atoms with E-state index in [0.717, 1.165) is 28.2 Å². The van der Waals surface area contributed by atoms with Crippen molar-refractivity contribution in [3.8, 4) is 0 Å². The Morgan fingerprint density at radius 2 is 2.14 bits per heavy atom. The fourth-order valence-electron chi connectivity index (χ4n) is 1.97. The highest BCUT2D eigenvalue weighted by atomic mass is 79.9. The third-order valence-electron chi connectivity index (χ3n) is 2.95. The van der Waals surface area contributed by atoms with E-state index in [1.165, 1.54) is 6.07 Å². The van der Waals surface area contributed by atoms with Gasteiger partial charge < -0.3 is 5.32 Å². The average molecular weight is 379 g/mol. The molecular weight excluding hydrogens is 365 g/mol. The van der Waals surface area contributed by atoms with E-state index in [0.29, 0.717) is 12.1 Å². The number of hydrogen-bond acceptors (Lipinski definition) is 3. The van der Waals surface area contributed by atoms with Crippen molar-refractivity contribution >= 4 is 27.3 Å². The maximum absolute atomic E-state index is 12.6. The lowest BCUT2D eigenvalue weighted by Gasteiger charge is -2.17. The third-order valence-corrected chi connectivity index (χ3v) is 4.67. The largest absolute Gasteiger partial charge is 0.417 e. The molecule has 1 N–H and O–H groups in total. The summed E-state index contributed by atoms with van der Waals surface area (Å²) in [6.45, 7) is 2.68. The fourth-order valence-corrected chi connectivity index (χ4v) is 3.47. The Hall–Kier alpha value is -0.920. The predicted octanol–water partition coefficient (Wildman–Crippen LogP) is 4.82. The molecule has 2 nitrogen and oxygen atoms in total. The van der Waals surface area contributed by atoms with Crippen LogP contribution in [0.5, 0.6) is 0 Å². The highest BCUT2D eigenvalue weighted by Gasteiger charge is 2.31. The topological polar surface area (TPSA) is 24.9 Å². The lowest BCUT2D eigenvalue weighted by atomic mass is 10.1. The standard InChI is InChI=1S/C14H14BrF3N2S/c1-2-19-13(6-11-5-10(15)8-21-11)12-4-3-9(7-20-12)14(16,17)18/h3-5,7-8,13,19H,2,6H2,1H3. The van der Waals surface area contributed by atoms with Crippen LogP contribution in [0.15, 0.2) is 34.2 Å². The van der Waals surface area contributed by atoms with Gasteiger partial charge in [-0.3, -0.25) is 4.98 Å². The highest BCUT2D eigenvalue weighted by Crippen LogP contribution is 2.30. The molecule has 0 fully saturated rings. The van der Waals surface area contributed by atoms with Gasteiger partial charge in [-0.15, -0.1) is 11.3 Å². The molecule has 0 aliphatic rings. The fraction of sp³-hybridized carbons (Fsp3) is 0.357. The minimum absolute atomic E-state index is 0.0946. The number of hydrogen-bond donors (Lipinski definition) is 1. The second-order valence-corrected chi connectivity index (χ2v) is 6.43. The Kier molecular flexibility index (Phi) is 5.40. The second kappa shape index (κ2) is 6.89. The van der Waals surface area contributed by atoms with Crippen LogP contribution in [-0.4, -0.2) is 11.5 Å². The summed E-state index contributed by atoms with van der Waals surface area (Å²) in [6.07, 6.45) is -2.76. The summed E-state index contributed by atoms with van der Waals surface area (Å²) in [6, 6.07) is 4.44. The zero-order valence-electron chi connectivity index (χ0n) is 11.2. The van der Waals surface area contributed by atoms with Gasteiger partial charge in [0.05, 0.1) is 17.3 Å².